The average Bonchev–Trinajstić information content (AvgIpc) is 2.95. The Balaban J connectivity index is -0.000001000. The van der Waals surface area contributed by atoms with Gasteiger partial charge < -0.3 is 61.3 Å². The molecule has 0 spiro atoms. The summed E-state index contributed by atoms with van der Waals surface area (Å²) in [5, 5.41) is 0. The number of aromatic nitrogens is 4. The maximum absolute atomic E-state index is 4.66. The van der Waals surface area contributed by atoms with Gasteiger partial charge in [0.25, 0.3) is 0 Å². The van der Waals surface area contributed by atoms with Crippen molar-refractivity contribution in [2.24, 2.45) is 0 Å². The average molecular weight is 784 g/mol. The molecule has 0 saturated heterocycles. The molecule has 0 bridgehead atoms. The second-order valence-corrected chi connectivity index (χ2v) is 9.51. The van der Waals surface area contributed by atoms with Crippen LogP contribution in [0.1, 0.15) is 48.5 Å². The van der Waals surface area contributed by atoms with Crippen LogP contribution in [0.25, 0.3) is 0 Å². The smallest absolute Gasteiger partial charge is 1.00 e. The molecular formula is C30H45Br2MnN6O5+. The van der Waals surface area contributed by atoms with Crippen LogP contribution in [0, 0.1) is 0 Å². The van der Waals surface area contributed by atoms with E-state index in [2.05, 4.69) is 78.3 Å². The second-order valence-electron chi connectivity index (χ2n) is 9.51. The molecule has 44 heavy (non-hydrogen) atoms. The van der Waals surface area contributed by atoms with Gasteiger partial charge in [0.1, 0.15) is 0 Å². The fraction of sp³-hybridized carbons (Fsp3) is 0.333. The molecule has 0 aromatic carbocycles. The fourth-order valence-electron chi connectivity index (χ4n) is 5.32. The van der Waals surface area contributed by atoms with E-state index in [-0.39, 0.29) is 78.4 Å². The van der Waals surface area contributed by atoms with Gasteiger partial charge in [0.15, 0.2) is 0 Å². The Bertz CT molecular complexity index is 1020. The molecule has 245 valence electrons. The normalized spacial score (nSPS) is 14.7. The molecule has 1 saturated carbocycles. The summed E-state index contributed by atoms with van der Waals surface area (Å²) in [5.74, 6) is 0. The van der Waals surface area contributed by atoms with Crippen LogP contribution in [-0.4, -0.2) is 63.7 Å². The van der Waals surface area contributed by atoms with Crippen molar-refractivity contribution in [3.8, 4) is 0 Å². The summed E-state index contributed by atoms with van der Waals surface area (Å²) >= 11 is 0. The van der Waals surface area contributed by atoms with Gasteiger partial charge in [0.05, 0.1) is 22.8 Å². The van der Waals surface area contributed by atoms with Crippen molar-refractivity contribution in [2.75, 3.05) is 0 Å². The molecular weight excluding hydrogens is 739 g/mol. The van der Waals surface area contributed by atoms with Crippen LogP contribution in [0.15, 0.2) is 97.6 Å². The quantitative estimate of drug-likeness (QED) is 0.113. The predicted octanol–water partition coefficient (Wildman–Crippen LogP) is -4.93. The third-order valence-corrected chi connectivity index (χ3v) is 7.00. The van der Waals surface area contributed by atoms with Gasteiger partial charge in [0.2, 0.25) is 0 Å². The number of nitrogens with zero attached hydrogens (tertiary/aromatic N) is 6. The first-order chi connectivity index (χ1) is 17.8. The van der Waals surface area contributed by atoms with E-state index in [9.17, 15) is 0 Å². The number of rotatable bonds is 10. The zero-order chi connectivity index (χ0) is 24.4. The second kappa shape index (κ2) is 26.1. The van der Waals surface area contributed by atoms with Gasteiger partial charge in [-0.05, 0) is 61.4 Å². The van der Waals surface area contributed by atoms with Crippen molar-refractivity contribution in [3.63, 3.8) is 0 Å². The van der Waals surface area contributed by atoms with Crippen LogP contribution in [0.3, 0.4) is 0 Å². The van der Waals surface area contributed by atoms with Gasteiger partial charge in [-0.2, -0.15) is 0 Å². The van der Waals surface area contributed by atoms with Crippen LogP contribution in [0.5, 0.6) is 0 Å². The van der Waals surface area contributed by atoms with Crippen molar-refractivity contribution < 1.29 is 78.4 Å². The van der Waals surface area contributed by atoms with E-state index in [1.807, 2.05) is 49.1 Å². The van der Waals surface area contributed by atoms with Crippen LogP contribution in [-0.2, 0) is 48.7 Å². The van der Waals surface area contributed by atoms with Crippen molar-refractivity contribution in [2.45, 2.75) is 63.9 Å². The number of hydrogen-bond acceptors (Lipinski definition) is 6. The number of pyridine rings is 4. The van der Waals surface area contributed by atoms with Crippen molar-refractivity contribution in [3.05, 3.63) is 120 Å². The fourth-order valence-corrected chi connectivity index (χ4v) is 5.32. The van der Waals surface area contributed by atoms with Crippen LogP contribution in [0.4, 0.5) is 0 Å². The molecule has 14 heteroatoms. The Labute approximate surface area is 291 Å². The first-order valence-corrected chi connectivity index (χ1v) is 12.9. The van der Waals surface area contributed by atoms with E-state index >= 15 is 0 Å². The van der Waals surface area contributed by atoms with Crippen molar-refractivity contribution >= 4 is 0 Å². The van der Waals surface area contributed by atoms with Gasteiger partial charge in [-0.15, -0.1) is 0 Å². The van der Waals surface area contributed by atoms with Crippen LogP contribution >= 0.6 is 0 Å². The number of halogens is 2. The monoisotopic (exact) mass is 782 g/mol. The minimum absolute atomic E-state index is 0. The Morgan fingerprint density at radius 3 is 0.932 bits per heavy atom. The summed E-state index contributed by atoms with van der Waals surface area (Å²) in [6, 6.07) is 25.5. The molecule has 4 heterocycles. The Morgan fingerprint density at radius 1 is 0.477 bits per heavy atom. The first-order valence-electron chi connectivity index (χ1n) is 12.9. The molecule has 0 unspecified atom stereocenters. The summed E-state index contributed by atoms with van der Waals surface area (Å²) < 4.78 is 0. The van der Waals surface area contributed by atoms with E-state index in [1.54, 1.807) is 0 Å². The zero-order valence-corrected chi connectivity index (χ0v) is 28.8. The minimum Gasteiger partial charge on any atom is -1.00 e. The first kappa shape index (κ1) is 48.7. The molecule has 5 rings (SSSR count). The molecule has 0 amide bonds. The molecule has 2 atom stereocenters. The summed E-state index contributed by atoms with van der Waals surface area (Å²) in [5.41, 5.74) is 4.38. The Kier molecular flexibility index (Phi) is 28.8. The summed E-state index contributed by atoms with van der Waals surface area (Å²) in [6.07, 6.45) is 12.4. The molecule has 4 aromatic rings. The topological polar surface area (TPSA) is 217 Å². The van der Waals surface area contributed by atoms with E-state index < -0.39 is 0 Å². The molecule has 0 aliphatic heterocycles. The third-order valence-electron chi connectivity index (χ3n) is 7.00. The molecule has 1 radical (unpaired) electrons. The molecule has 1 fully saturated rings. The number of hydrogen-bond donors (Lipinski definition) is 0. The molecule has 1 aliphatic rings. The summed E-state index contributed by atoms with van der Waals surface area (Å²) in [7, 11) is 0. The van der Waals surface area contributed by atoms with Crippen LogP contribution < -0.4 is 34.0 Å². The van der Waals surface area contributed by atoms with E-state index in [0.29, 0.717) is 12.1 Å². The van der Waals surface area contributed by atoms with Gasteiger partial charge in [-0.3, -0.25) is 29.7 Å². The van der Waals surface area contributed by atoms with E-state index in [1.165, 1.54) is 12.8 Å². The summed E-state index contributed by atoms with van der Waals surface area (Å²) in [4.78, 5) is 23.8. The molecule has 1 aliphatic carbocycles. The molecule has 4 aromatic heterocycles. The zero-order valence-electron chi connectivity index (χ0n) is 24.4. The maximum Gasteiger partial charge on any atom is 2.00 e. The third kappa shape index (κ3) is 14.3. The molecule has 11 nitrogen and oxygen atoms in total. The van der Waals surface area contributed by atoms with Crippen molar-refractivity contribution in [1.82, 2.24) is 29.7 Å². The van der Waals surface area contributed by atoms with E-state index in [4.69, 9.17) is 0 Å². The van der Waals surface area contributed by atoms with Gasteiger partial charge in [-0.1, -0.05) is 37.1 Å². The maximum atomic E-state index is 4.66. The standard InChI is InChI=1S/C30H34N6.2BrH.Mn.5H2O/c1-2-16-30(36(23-27-13-5-9-19-33-27)24-28-14-6-10-20-34-28)29(15-1)35(21-25-11-3-7-17-31-25)22-26-12-4-8-18-32-26;;;;;;;;/h3-14,17-20,29-30H,1-2,15-16,21-24H2;2*1H;;5*1H2/q;;;+2;;;;;/p-1/t29-,30-;;;;;;;;/m0......../s1. The Morgan fingerprint density at radius 2 is 0.727 bits per heavy atom. The molecule has 11 N–H and O–H groups in total. The van der Waals surface area contributed by atoms with Gasteiger partial charge >= 0.3 is 17.1 Å². The minimum atomic E-state index is 0. The Hall–Kier alpha value is -2.20. The van der Waals surface area contributed by atoms with Crippen molar-refractivity contribution in [1.29, 1.82) is 0 Å². The van der Waals surface area contributed by atoms with Gasteiger partial charge in [0, 0.05) is 63.1 Å². The SMILES string of the molecule is O.O.O.O.[Br-].[Br-].[Mn+2].[OH3+].c1ccc(CN(Cc2ccccn2)[C@H]2CCCC[C@@H]2N(Cc2ccccn2)Cc2ccccn2)nc1. The van der Waals surface area contributed by atoms with Gasteiger partial charge in [-0.25, -0.2) is 0 Å². The largest absolute Gasteiger partial charge is 2.00 e. The van der Waals surface area contributed by atoms with E-state index in [0.717, 1.165) is 61.8 Å². The predicted molar refractivity (Wildman–Crippen MR) is 161 cm³/mol. The summed E-state index contributed by atoms with van der Waals surface area (Å²) in [6.45, 7) is 3.22. The van der Waals surface area contributed by atoms with Crippen LogP contribution in [0.2, 0.25) is 0 Å².